The van der Waals surface area contributed by atoms with Crippen LogP contribution in [0, 0.1) is 5.41 Å². The molecule has 0 heterocycles. The number of guanidine groups is 1. The molecule has 0 rings (SSSR count). The molecule has 39 heavy (non-hydrogen) atoms. The summed E-state index contributed by atoms with van der Waals surface area (Å²) in [6.07, 6.45) is 0.675. The third-order valence-corrected chi connectivity index (χ3v) is 5.17. The number of rotatable bonds is 20. The average Bonchev–Trinajstić information content (AvgIpc) is 2.86. The molecule has 0 aromatic heterocycles. The van der Waals surface area contributed by atoms with Gasteiger partial charge in [0.25, 0.3) is 0 Å². The number of carbonyl (C=O) groups excluding carboxylic acids is 4. The van der Waals surface area contributed by atoms with Crippen LogP contribution in [0.5, 0.6) is 0 Å². The molecular formula is C21H39N9O9. The highest BCUT2D eigenvalue weighted by Crippen LogP contribution is 2.02. The number of carbonyl (C=O) groups is 6. The van der Waals surface area contributed by atoms with E-state index < -0.39 is 79.3 Å². The van der Waals surface area contributed by atoms with Crippen molar-refractivity contribution in [3.63, 3.8) is 0 Å². The van der Waals surface area contributed by atoms with Crippen LogP contribution in [0.2, 0.25) is 0 Å². The van der Waals surface area contributed by atoms with E-state index in [2.05, 4.69) is 26.6 Å². The van der Waals surface area contributed by atoms with E-state index in [9.17, 15) is 39.0 Å². The maximum absolute atomic E-state index is 12.6. The van der Waals surface area contributed by atoms with Crippen LogP contribution in [-0.4, -0.2) is 107 Å². The molecule has 0 fully saturated rings. The first kappa shape index (κ1) is 35.0. The summed E-state index contributed by atoms with van der Waals surface area (Å²) < 4.78 is 0. The van der Waals surface area contributed by atoms with Crippen molar-refractivity contribution in [1.82, 2.24) is 26.6 Å². The van der Waals surface area contributed by atoms with E-state index in [0.717, 1.165) is 0 Å². The first-order chi connectivity index (χ1) is 18.3. The van der Waals surface area contributed by atoms with E-state index in [1.54, 1.807) is 0 Å². The minimum absolute atomic E-state index is 0.0484. The molecule has 0 saturated carbocycles. The molecule has 18 heteroatoms. The van der Waals surface area contributed by atoms with Crippen LogP contribution in [0.3, 0.4) is 0 Å². The van der Waals surface area contributed by atoms with Crippen LogP contribution < -0.4 is 43.8 Å². The van der Waals surface area contributed by atoms with Crippen LogP contribution in [0.25, 0.3) is 0 Å². The summed E-state index contributed by atoms with van der Waals surface area (Å²) in [5, 5.41) is 46.1. The molecular weight excluding hydrogens is 522 g/mol. The number of amides is 4. The standard InChI is InChI=1S/C21H39N9O9/c22-6-2-1-5-12(20(38)39)29-19(37)14(10-31)30-18(36)13(8-16(33)34)28-15(32)9-27-17(35)11(23)4-3-7-26-21(24)25/h11-14,31H,1-10,22-23H2,(H,27,35)(H,28,32)(H,29,37)(H,30,36)(H,33,34)(H,38,39)(H4,24,25,26)/t11-,12-,13-,14-/m0/s1. The molecule has 0 aliphatic heterocycles. The Labute approximate surface area is 224 Å². The molecule has 0 aromatic rings. The molecule has 0 aromatic carbocycles. The Morgan fingerprint density at radius 1 is 0.795 bits per heavy atom. The molecule has 15 N–H and O–H groups in total. The van der Waals surface area contributed by atoms with Crippen LogP contribution >= 0.6 is 0 Å². The van der Waals surface area contributed by atoms with Crippen molar-refractivity contribution < 1.29 is 44.1 Å². The van der Waals surface area contributed by atoms with Crippen LogP contribution in [-0.2, 0) is 28.8 Å². The predicted octanol–water partition coefficient (Wildman–Crippen LogP) is -5.17. The second kappa shape index (κ2) is 19.1. The molecule has 18 nitrogen and oxygen atoms in total. The van der Waals surface area contributed by atoms with Crippen molar-refractivity contribution in [2.24, 2.45) is 17.2 Å². The number of aliphatic carboxylic acids is 2. The Bertz CT molecular complexity index is 872. The zero-order chi connectivity index (χ0) is 30.0. The lowest BCUT2D eigenvalue weighted by molar-refractivity contribution is -0.143. The van der Waals surface area contributed by atoms with Gasteiger partial charge in [-0.1, -0.05) is 0 Å². The van der Waals surface area contributed by atoms with Crippen LogP contribution in [0.4, 0.5) is 0 Å². The summed E-state index contributed by atoms with van der Waals surface area (Å²) in [7, 11) is 0. The number of aliphatic hydroxyl groups excluding tert-OH is 1. The lowest BCUT2D eigenvalue weighted by Gasteiger charge is -2.23. The summed E-state index contributed by atoms with van der Waals surface area (Å²) in [6, 6.07) is -5.64. The molecule has 0 aliphatic carbocycles. The number of hydrogen-bond donors (Lipinski definition) is 12. The summed E-state index contributed by atoms with van der Waals surface area (Å²) in [4.78, 5) is 71.9. The van der Waals surface area contributed by atoms with Gasteiger partial charge in [0.1, 0.15) is 18.1 Å². The number of nitrogens with one attached hydrogen (secondary N) is 6. The smallest absolute Gasteiger partial charge is 0.326 e. The minimum atomic E-state index is -1.69. The van der Waals surface area contributed by atoms with E-state index in [0.29, 0.717) is 32.4 Å². The van der Waals surface area contributed by atoms with E-state index in [4.69, 9.17) is 27.7 Å². The second-order valence-electron chi connectivity index (χ2n) is 8.45. The van der Waals surface area contributed by atoms with Crippen LogP contribution in [0.1, 0.15) is 38.5 Å². The minimum Gasteiger partial charge on any atom is -0.481 e. The fraction of sp³-hybridized carbons (Fsp3) is 0.667. The lowest BCUT2D eigenvalue weighted by Crippen LogP contribution is -2.58. The SMILES string of the molecule is N=C(N)NCCC[C@H](N)C(=O)NCC(=O)N[C@@H](CC(=O)O)C(=O)N[C@@H](CO)C(=O)N[C@@H](CCCCN)C(=O)O. The van der Waals surface area contributed by atoms with Gasteiger partial charge >= 0.3 is 11.9 Å². The summed E-state index contributed by atoms with van der Waals surface area (Å²) in [6.45, 7) is -0.964. The molecule has 4 atom stereocenters. The summed E-state index contributed by atoms with van der Waals surface area (Å²) in [5.74, 6) is -6.86. The topological polar surface area (TPSA) is 325 Å². The highest BCUT2D eigenvalue weighted by molar-refractivity contribution is 5.95. The van der Waals surface area contributed by atoms with E-state index in [1.165, 1.54) is 0 Å². The third kappa shape index (κ3) is 15.7. The largest absolute Gasteiger partial charge is 0.481 e. The zero-order valence-corrected chi connectivity index (χ0v) is 21.4. The summed E-state index contributed by atoms with van der Waals surface area (Å²) in [5.41, 5.74) is 16.2. The van der Waals surface area contributed by atoms with Gasteiger partial charge in [-0.3, -0.25) is 29.4 Å². The van der Waals surface area contributed by atoms with Gasteiger partial charge in [0.05, 0.1) is 25.6 Å². The molecule has 0 spiro atoms. The second-order valence-corrected chi connectivity index (χ2v) is 8.45. The van der Waals surface area contributed by atoms with Gasteiger partial charge in [0.2, 0.25) is 23.6 Å². The van der Waals surface area contributed by atoms with Gasteiger partial charge in [0.15, 0.2) is 5.96 Å². The lowest BCUT2D eigenvalue weighted by atomic mass is 10.1. The monoisotopic (exact) mass is 561 g/mol. The van der Waals surface area contributed by atoms with Gasteiger partial charge < -0.3 is 59.1 Å². The number of unbranched alkanes of at least 4 members (excludes halogenated alkanes) is 1. The Kier molecular flexibility index (Phi) is 17.1. The van der Waals surface area contributed by atoms with Crippen molar-refractivity contribution in [1.29, 1.82) is 5.41 Å². The van der Waals surface area contributed by atoms with Gasteiger partial charge in [-0.2, -0.15) is 0 Å². The van der Waals surface area contributed by atoms with Crippen LogP contribution in [0.15, 0.2) is 0 Å². The molecule has 0 aliphatic rings. The van der Waals surface area contributed by atoms with Crippen molar-refractivity contribution in [3.05, 3.63) is 0 Å². The van der Waals surface area contributed by atoms with Crippen molar-refractivity contribution in [3.8, 4) is 0 Å². The predicted molar refractivity (Wildman–Crippen MR) is 136 cm³/mol. The number of nitrogens with two attached hydrogens (primary N) is 3. The first-order valence-corrected chi connectivity index (χ1v) is 12.1. The normalized spacial score (nSPS) is 13.6. The maximum atomic E-state index is 12.6. The highest BCUT2D eigenvalue weighted by Gasteiger charge is 2.30. The molecule has 0 saturated heterocycles. The number of carboxylic acids is 2. The van der Waals surface area contributed by atoms with Crippen molar-refractivity contribution in [2.75, 3.05) is 26.2 Å². The Morgan fingerprint density at radius 2 is 1.41 bits per heavy atom. The van der Waals surface area contributed by atoms with E-state index in [-0.39, 0.29) is 18.8 Å². The van der Waals surface area contributed by atoms with Gasteiger partial charge in [-0.05, 0) is 38.6 Å². The highest BCUT2D eigenvalue weighted by atomic mass is 16.4. The molecule has 0 unspecified atom stereocenters. The third-order valence-electron chi connectivity index (χ3n) is 5.17. The molecule has 0 bridgehead atoms. The fourth-order valence-electron chi connectivity index (χ4n) is 3.09. The Morgan fingerprint density at radius 3 is 1.95 bits per heavy atom. The molecule has 222 valence electrons. The zero-order valence-electron chi connectivity index (χ0n) is 21.4. The quantitative estimate of drug-likeness (QED) is 0.0376. The number of aliphatic hydroxyl groups is 1. The fourth-order valence-corrected chi connectivity index (χ4v) is 3.09. The van der Waals surface area contributed by atoms with E-state index in [1.807, 2.05) is 0 Å². The van der Waals surface area contributed by atoms with Gasteiger partial charge in [-0.25, -0.2) is 4.79 Å². The maximum Gasteiger partial charge on any atom is 0.326 e. The Hall–Kier alpha value is -4.03. The van der Waals surface area contributed by atoms with Crippen molar-refractivity contribution >= 4 is 41.5 Å². The average molecular weight is 562 g/mol. The summed E-state index contributed by atoms with van der Waals surface area (Å²) >= 11 is 0. The van der Waals surface area contributed by atoms with Gasteiger partial charge in [0, 0.05) is 6.54 Å². The van der Waals surface area contributed by atoms with Crippen molar-refractivity contribution in [2.45, 2.75) is 62.7 Å². The Balaban J connectivity index is 5.01. The number of hydrogen-bond acceptors (Lipinski definition) is 10. The molecule has 0 radical (unpaired) electrons. The van der Waals surface area contributed by atoms with Gasteiger partial charge in [-0.15, -0.1) is 0 Å². The number of carboxylic acid groups (broad SMARTS) is 2. The first-order valence-electron chi connectivity index (χ1n) is 12.1. The van der Waals surface area contributed by atoms with E-state index >= 15 is 0 Å². The molecule has 4 amide bonds.